The van der Waals surface area contributed by atoms with Crippen LogP contribution in [0.2, 0.25) is 0 Å². The van der Waals surface area contributed by atoms with Gasteiger partial charge in [0.1, 0.15) is 16.2 Å². The van der Waals surface area contributed by atoms with Gasteiger partial charge in [-0.2, -0.15) is 0 Å². The van der Waals surface area contributed by atoms with E-state index in [0.717, 1.165) is 38.5 Å². The SMILES string of the molecule is CCCCCCCCCCCCc1ccc(NC(=O)CC23CN4CC(CC(=O)Nc5ccc(CCCCCCCCCCCC)cc5)(C2=O)C(=O)C(CC(=O)Nc2ccc(CCCCCCCCCCCC)cc2)(C4)C3=O)cc1. The summed E-state index contributed by atoms with van der Waals surface area (Å²) in [7, 11) is 0. The first-order valence-corrected chi connectivity index (χ1v) is 32.0. The van der Waals surface area contributed by atoms with Gasteiger partial charge < -0.3 is 16.0 Å². The van der Waals surface area contributed by atoms with Crippen molar-refractivity contribution >= 4 is 52.1 Å². The fraction of sp³-hybridized carbons (Fsp3) is 0.652. The molecule has 0 spiro atoms. The zero-order valence-electron chi connectivity index (χ0n) is 49.4. The Morgan fingerprint density at radius 3 is 0.747 bits per heavy atom. The first kappa shape index (κ1) is 63.2. The molecule has 1 aliphatic carbocycles. The lowest BCUT2D eigenvalue weighted by molar-refractivity contribution is -0.195. The Morgan fingerprint density at radius 2 is 0.532 bits per heavy atom. The standard InChI is InChI=1S/C69H102N4O6/c1-4-7-10-13-16-19-22-25-28-31-34-55-37-43-58(44-38-55)70-61(74)49-67-52-73-53-68(64(67)77,50-62(75)71-59-45-39-56(40-46-59)35-32-29-26-23-20-17-14-11-8-5-2)66(79)69(54-73,65(67)78)51-63(76)72-60-47-41-57(42-48-60)36-33-30-27-24-21-18-15-12-9-6-3/h37-48H,4-36,49-54H2,1-3H3,(H,70,74)(H,71,75)(H,72,76). The number of piperidine rings is 3. The van der Waals surface area contributed by atoms with Crippen LogP contribution in [0, 0.1) is 16.2 Å². The number of Topliss-reactive ketones (excluding diaryl/α,β-unsaturated/α-hetero) is 3. The second-order valence-electron chi connectivity index (χ2n) is 24.4. The van der Waals surface area contributed by atoms with Crippen molar-refractivity contribution in [3.8, 4) is 0 Å². The second-order valence-corrected chi connectivity index (χ2v) is 24.4. The summed E-state index contributed by atoms with van der Waals surface area (Å²) in [5.74, 6) is -3.67. The van der Waals surface area contributed by atoms with Crippen molar-refractivity contribution in [2.45, 2.75) is 252 Å². The van der Waals surface area contributed by atoms with Gasteiger partial charge in [-0.05, 0) is 91.6 Å². The molecule has 3 aromatic carbocycles. The van der Waals surface area contributed by atoms with Crippen LogP contribution in [0.15, 0.2) is 72.8 Å². The number of carbonyl (C=O) groups is 6. The Hall–Kier alpha value is -4.96. The van der Waals surface area contributed by atoms with E-state index < -0.39 is 70.6 Å². The fourth-order valence-corrected chi connectivity index (χ4v) is 13.2. The van der Waals surface area contributed by atoms with Gasteiger partial charge in [-0.15, -0.1) is 0 Å². The molecule has 79 heavy (non-hydrogen) atoms. The molecule has 3 N–H and O–H groups in total. The minimum Gasteiger partial charge on any atom is -0.326 e. The smallest absolute Gasteiger partial charge is 0.225 e. The van der Waals surface area contributed by atoms with Crippen LogP contribution in [-0.2, 0) is 48.0 Å². The molecule has 434 valence electrons. The topological polar surface area (TPSA) is 142 Å². The predicted molar refractivity (Wildman–Crippen MR) is 324 cm³/mol. The van der Waals surface area contributed by atoms with Gasteiger partial charge in [-0.3, -0.25) is 33.7 Å². The van der Waals surface area contributed by atoms with E-state index in [9.17, 15) is 14.4 Å². The molecule has 4 fully saturated rings. The minimum atomic E-state index is -1.92. The molecular formula is C69H102N4O6. The largest absolute Gasteiger partial charge is 0.326 e. The molecule has 3 aliphatic heterocycles. The third-order valence-corrected chi connectivity index (χ3v) is 17.6. The number of ketones is 3. The Balaban J connectivity index is 1.08. The average Bonchev–Trinajstić information content (AvgIpc) is 3.44. The Morgan fingerprint density at radius 1 is 0.329 bits per heavy atom. The lowest BCUT2D eigenvalue weighted by Crippen LogP contribution is -2.82. The van der Waals surface area contributed by atoms with E-state index in [2.05, 4.69) is 36.7 Å². The van der Waals surface area contributed by atoms with Crippen LogP contribution in [-0.4, -0.2) is 59.6 Å². The number of hydrogen-bond acceptors (Lipinski definition) is 7. The van der Waals surface area contributed by atoms with Gasteiger partial charge in [0.15, 0.2) is 17.3 Å². The predicted octanol–water partition coefficient (Wildman–Crippen LogP) is 16.5. The summed E-state index contributed by atoms with van der Waals surface area (Å²) >= 11 is 0. The first-order chi connectivity index (χ1) is 38.5. The van der Waals surface area contributed by atoms with Crippen LogP contribution in [0.5, 0.6) is 0 Å². The van der Waals surface area contributed by atoms with E-state index >= 15 is 14.4 Å². The highest BCUT2D eigenvalue weighted by atomic mass is 16.2. The number of benzene rings is 3. The highest BCUT2D eigenvalue weighted by Gasteiger charge is 2.78. The van der Waals surface area contributed by atoms with Gasteiger partial charge in [-0.25, -0.2) is 0 Å². The molecular weight excluding hydrogens is 981 g/mol. The Labute approximate surface area is 477 Å². The maximum atomic E-state index is 15.2. The van der Waals surface area contributed by atoms with E-state index in [1.54, 1.807) is 0 Å². The number of anilines is 3. The minimum absolute atomic E-state index is 0.0586. The van der Waals surface area contributed by atoms with E-state index in [1.807, 2.05) is 77.7 Å². The van der Waals surface area contributed by atoms with Gasteiger partial charge in [0, 0.05) is 56.0 Å². The summed E-state index contributed by atoms with van der Waals surface area (Å²) in [6.45, 7) is 6.57. The van der Waals surface area contributed by atoms with Crippen molar-refractivity contribution in [1.29, 1.82) is 0 Å². The molecule has 3 amide bonds. The van der Waals surface area contributed by atoms with Crippen LogP contribution in [0.4, 0.5) is 17.1 Å². The summed E-state index contributed by atoms with van der Waals surface area (Å²) in [5, 5.41) is 8.83. The fourth-order valence-electron chi connectivity index (χ4n) is 13.2. The zero-order valence-corrected chi connectivity index (χ0v) is 49.4. The van der Waals surface area contributed by atoms with Gasteiger partial charge in [0.05, 0.1) is 0 Å². The molecule has 0 unspecified atom stereocenters. The lowest BCUT2D eigenvalue weighted by Gasteiger charge is -2.63. The first-order valence-electron chi connectivity index (χ1n) is 32.0. The summed E-state index contributed by atoms with van der Waals surface area (Å²) in [5.41, 5.74) is -0.588. The number of rotatable bonds is 42. The zero-order chi connectivity index (χ0) is 56.2. The molecule has 4 bridgehead atoms. The number of aryl methyl sites for hydroxylation is 3. The molecule has 0 radical (unpaired) electrons. The number of amides is 3. The lowest BCUT2D eigenvalue weighted by atomic mass is 9.43. The van der Waals surface area contributed by atoms with Crippen molar-refractivity contribution in [3.05, 3.63) is 89.5 Å². The van der Waals surface area contributed by atoms with E-state index in [0.29, 0.717) is 17.1 Å². The van der Waals surface area contributed by atoms with E-state index in [1.165, 1.54) is 190 Å². The van der Waals surface area contributed by atoms with Gasteiger partial charge in [0.2, 0.25) is 17.7 Å². The monoisotopic (exact) mass is 1080 g/mol. The second kappa shape index (κ2) is 33.7. The highest BCUT2D eigenvalue weighted by molar-refractivity contribution is 6.35. The normalized spacial score (nSPS) is 20.2. The van der Waals surface area contributed by atoms with Crippen molar-refractivity contribution in [3.63, 3.8) is 0 Å². The van der Waals surface area contributed by atoms with Gasteiger partial charge in [-0.1, -0.05) is 231 Å². The average molecular weight is 1080 g/mol. The molecule has 4 aliphatic rings. The van der Waals surface area contributed by atoms with Crippen LogP contribution < -0.4 is 16.0 Å². The molecule has 10 heteroatoms. The molecule has 3 saturated heterocycles. The van der Waals surface area contributed by atoms with Gasteiger partial charge in [0.25, 0.3) is 0 Å². The number of nitrogens with one attached hydrogen (secondary N) is 3. The molecule has 0 atom stereocenters. The quantitative estimate of drug-likeness (QED) is 0.0379. The van der Waals surface area contributed by atoms with Crippen LogP contribution >= 0.6 is 0 Å². The van der Waals surface area contributed by atoms with Crippen LogP contribution in [0.3, 0.4) is 0 Å². The van der Waals surface area contributed by atoms with E-state index in [-0.39, 0.29) is 19.6 Å². The highest BCUT2D eigenvalue weighted by Crippen LogP contribution is 2.59. The van der Waals surface area contributed by atoms with Crippen molar-refractivity contribution in [1.82, 2.24) is 4.90 Å². The Bertz CT molecular complexity index is 2060. The number of nitrogens with zero attached hydrogens (tertiary/aromatic N) is 1. The molecule has 3 aromatic rings. The number of carbonyl (C=O) groups excluding carboxylic acids is 6. The van der Waals surface area contributed by atoms with Gasteiger partial charge >= 0.3 is 0 Å². The maximum absolute atomic E-state index is 15.2. The summed E-state index contributed by atoms with van der Waals surface area (Å²) in [6.07, 6.45) is 39.5. The summed E-state index contributed by atoms with van der Waals surface area (Å²) in [6, 6.07) is 23.2. The molecule has 3 heterocycles. The molecule has 1 saturated carbocycles. The van der Waals surface area contributed by atoms with Crippen molar-refractivity contribution in [2.24, 2.45) is 16.2 Å². The molecule has 0 aromatic heterocycles. The van der Waals surface area contributed by atoms with Crippen molar-refractivity contribution < 1.29 is 28.8 Å². The van der Waals surface area contributed by atoms with E-state index in [4.69, 9.17) is 0 Å². The van der Waals surface area contributed by atoms with Crippen LogP contribution in [0.25, 0.3) is 0 Å². The summed E-state index contributed by atoms with van der Waals surface area (Å²) in [4.78, 5) is 89.9. The third-order valence-electron chi connectivity index (χ3n) is 17.6. The Kier molecular flexibility index (Phi) is 27.0. The third kappa shape index (κ3) is 19.1. The maximum Gasteiger partial charge on any atom is 0.225 e. The van der Waals surface area contributed by atoms with Crippen molar-refractivity contribution in [2.75, 3.05) is 35.6 Å². The number of unbranched alkanes of at least 4 members (excludes halogenated alkanes) is 27. The molecule has 7 rings (SSSR count). The number of hydrogen-bond donors (Lipinski definition) is 3. The molecule has 10 nitrogen and oxygen atoms in total. The van der Waals surface area contributed by atoms with Crippen LogP contribution in [0.1, 0.15) is 249 Å². The summed E-state index contributed by atoms with van der Waals surface area (Å²) < 4.78 is 0.